The molecule has 96 valence electrons. The molecule has 1 aromatic heterocycles. The molecule has 0 spiro atoms. The van der Waals surface area contributed by atoms with Crippen LogP contribution in [0.25, 0.3) is 0 Å². The number of hydrogen-bond acceptors (Lipinski definition) is 4. The molecule has 0 N–H and O–H groups in total. The maximum absolute atomic E-state index is 12.1. The van der Waals surface area contributed by atoms with E-state index in [0.29, 0.717) is 11.5 Å². The molecule has 2 rings (SSSR count). The highest BCUT2D eigenvalue weighted by molar-refractivity contribution is 7.90. The third-order valence-electron chi connectivity index (χ3n) is 3.29. The van der Waals surface area contributed by atoms with Crippen molar-refractivity contribution in [3.63, 3.8) is 0 Å². The molecule has 1 aliphatic carbocycles. The van der Waals surface area contributed by atoms with E-state index in [4.69, 9.17) is 5.26 Å². The number of nitriles is 1. The van der Waals surface area contributed by atoms with Crippen LogP contribution in [0.3, 0.4) is 0 Å². The first-order valence-electron chi connectivity index (χ1n) is 6.14. The molecule has 0 aromatic carbocycles. The Morgan fingerprint density at radius 3 is 2.78 bits per heavy atom. The van der Waals surface area contributed by atoms with Gasteiger partial charge in [-0.25, -0.2) is 13.4 Å². The quantitative estimate of drug-likeness (QED) is 0.834. The summed E-state index contributed by atoms with van der Waals surface area (Å²) in [6, 6.07) is 5.13. The molecular weight excluding hydrogens is 248 g/mol. The Labute approximate surface area is 108 Å². The van der Waals surface area contributed by atoms with E-state index in [1.807, 2.05) is 6.07 Å². The van der Waals surface area contributed by atoms with E-state index in [9.17, 15) is 8.42 Å². The number of aromatic nitrogens is 1. The van der Waals surface area contributed by atoms with E-state index in [0.717, 1.165) is 25.7 Å². The number of pyridine rings is 1. The van der Waals surface area contributed by atoms with Crippen molar-refractivity contribution in [3.8, 4) is 6.07 Å². The van der Waals surface area contributed by atoms with Crippen molar-refractivity contribution in [2.24, 2.45) is 5.92 Å². The van der Waals surface area contributed by atoms with Gasteiger partial charge in [-0.2, -0.15) is 5.26 Å². The van der Waals surface area contributed by atoms with Crippen molar-refractivity contribution in [3.05, 3.63) is 29.6 Å². The van der Waals surface area contributed by atoms with Crippen LogP contribution >= 0.6 is 0 Å². The van der Waals surface area contributed by atoms with E-state index in [-0.39, 0.29) is 17.2 Å². The number of nitrogens with zero attached hydrogens (tertiary/aromatic N) is 2. The molecule has 18 heavy (non-hydrogen) atoms. The molecule has 1 saturated carbocycles. The first kappa shape index (κ1) is 13.0. The molecule has 1 fully saturated rings. The summed E-state index contributed by atoms with van der Waals surface area (Å²) in [5, 5.41) is 8.73. The van der Waals surface area contributed by atoms with E-state index >= 15 is 0 Å². The number of sulfone groups is 1. The van der Waals surface area contributed by atoms with Crippen molar-refractivity contribution in [1.82, 2.24) is 4.98 Å². The van der Waals surface area contributed by atoms with E-state index in [1.54, 1.807) is 12.1 Å². The second kappa shape index (κ2) is 5.49. The molecule has 1 heterocycles. The molecule has 1 aliphatic rings. The van der Waals surface area contributed by atoms with Crippen LogP contribution in [0.2, 0.25) is 0 Å². The predicted octanol–water partition coefficient (Wildman–Crippen LogP) is 2.06. The minimum absolute atomic E-state index is 0.0146. The molecule has 0 saturated heterocycles. The van der Waals surface area contributed by atoms with Crippen molar-refractivity contribution in [2.75, 3.05) is 5.75 Å². The smallest absolute Gasteiger partial charge is 0.154 e. The van der Waals surface area contributed by atoms with Gasteiger partial charge in [0, 0.05) is 6.20 Å². The van der Waals surface area contributed by atoms with Gasteiger partial charge in [0.25, 0.3) is 0 Å². The second-order valence-corrected chi connectivity index (χ2v) is 6.98. The Morgan fingerprint density at radius 1 is 1.39 bits per heavy atom. The maximum atomic E-state index is 12.1. The second-order valence-electron chi connectivity index (χ2n) is 4.87. The fraction of sp³-hybridized carbons (Fsp3) is 0.538. The Kier molecular flexibility index (Phi) is 3.97. The van der Waals surface area contributed by atoms with Crippen LogP contribution in [0.1, 0.15) is 36.9 Å². The molecule has 0 atom stereocenters. The van der Waals surface area contributed by atoms with Crippen LogP contribution in [-0.4, -0.2) is 19.2 Å². The molecule has 0 unspecified atom stereocenters. The molecular formula is C13H16N2O2S. The highest BCUT2D eigenvalue weighted by Gasteiger charge is 2.22. The lowest BCUT2D eigenvalue weighted by atomic mass is 10.1. The Bertz CT molecular complexity index is 555. The average Bonchev–Trinajstić information content (AvgIpc) is 2.80. The van der Waals surface area contributed by atoms with Gasteiger partial charge in [-0.3, -0.25) is 0 Å². The zero-order valence-electron chi connectivity index (χ0n) is 10.2. The van der Waals surface area contributed by atoms with Crippen LogP contribution < -0.4 is 0 Å². The normalized spacial score (nSPS) is 16.6. The lowest BCUT2D eigenvalue weighted by Crippen LogP contribution is -2.15. The maximum Gasteiger partial charge on any atom is 0.154 e. The lowest BCUT2D eigenvalue weighted by Gasteiger charge is -2.09. The molecule has 0 aliphatic heterocycles. The predicted molar refractivity (Wildman–Crippen MR) is 68.4 cm³/mol. The van der Waals surface area contributed by atoms with Crippen molar-refractivity contribution >= 4 is 9.84 Å². The molecule has 1 aromatic rings. The van der Waals surface area contributed by atoms with E-state index < -0.39 is 9.84 Å². The Morgan fingerprint density at radius 2 is 2.11 bits per heavy atom. The summed E-state index contributed by atoms with van der Waals surface area (Å²) in [5.41, 5.74) is 0.920. The van der Waals surface area contributed by atoms with Crippen LogP contribution in [0, 0.1) is 17.2 Å². The minimum Gasteiger partial charge on any atom is -0.246 e. The van der Waals surface area contributed by atoms with Gasteiger partial charge in [0.05, 0.1) is 11.5 Å². The number of rotatable bonds is 4. The summed E-state index contributed by atoms with van der Waals surface area (Å²) in [5.74, 6) is 0.616. The highest BCUT2D eigenvalue weighted by atomic mass is 32.2. The van der Waals surface area contributed by atoms with Gasteiger partial charge >= 0.3 is 0 Å². The standard InChI is InChI=1S/C13H16N2O2S/c14-8-13-7-12(5-6-15-13)10-18(16,17)9-11-3-1-2-4-11/h5-7,11H,1-4,9-10H2. The summed E-state index contributed by atoms with van der Waals surface area (Å²) in [6.45, 7) is 0. The Hall–Kier alpha value is -1.41. The van der Waals surface area contributed by atoms with Gasteiger partial charge in [-0.1, -0.05) is 12.8 Å². The first-order valence-corrected chi connectivity index (χ1v) is 7.97. The monoisotopic (exact) mass is 264 g/mol. The largest absolute Gasteiger partial charge is 0.246 e. The Balaban J connectivity index is 2.04. The van der Waals surface area contributed by atoms with Crippen LogP contribution in [0.15, 0.2) is 18.3 Å². The van der Waals surface area contributed by atoms with Gasteiger partial charge in [0.15, 0.2) is 9.84 Å². The molecule has 0 amide bonds. The van der Waals surface area contributed by atoms with Crippen molar-refractivity contribution in [2.45, 2.75) is 31.4 Å². The van der Waals surface area contributed by atoms with Crippen molar-refractivity contribution < 1.29 is 8.42 Å². The molecule has 0 radical (unpaired) electrons. The fourth-order valence-corrected chi connectivity index (χ4v) is 4.33. The SMILES string of the molecule is N#Cc1cc(CS(=O)(=O)CC2CCCC2)ccn1. The van der Waals surface area contributed by atoms with Crippen LogP contribution in [0.4, 0.5) is 0 Å². The summed E-state index contributed by atoms with van der Waals surface area (Å²) in [4.78, 5) is 3.84. The molecule has 0 bridgehead atoms. The summed E-state index contributed by atoms with van der Waals surface area (Å²) in [6.07, 6.45) is 5.83. The molecule has 5 heteroatoms. The zero-order chi connectivity index (χ0) is 13.0. The van der Waals surface area contributed by atoms with E-state index in [1.165, 1.54) is 6.20 Å². The van der Waals surface area contributed by atoms with E-state index in [2.05, 4.69) is 4.98 Å². The summed E-state index contributed by atoms with van der Waals surface area (Å²) < 4.78 is 24.1. The first-order chi connectivity index (χ1) is 8.59. The summed E-state index contributed by atoms with van der Waals surface area (Å²) in [7, 11) is -3.08. The van der Waals surface area contributed by atoms with Gasteiger partial charge < -0.3 is 0 Å². The van der Waals surface area contributed by atoms with Gasteiger partial charge in [-0.15, -0.1) is 0 Å². The third-order valence-corrected chi connectivity index (χ3v) is 5.04. The lowest BCUT2D eigenvalue weighted by molar-refractivity contribution is 0.558. The zero-order valence-corrected chi connectivity index (χ0v) is 11.0. The average molecular weight is 264 g/mol. The highest BCUT2D eigenvalue weighted by Crippen LogP contribution is 2.26. The van der Waals surface area contributed by atoms with Gasteiger partial charge in [0.2, 0.25) is 0 Å². The van der Waals surface area contributed by atoms with Gasteiger partial charge in [0.1, 0.15) is 11.8 Å². The summed E-state index contributed by atoms with van der Waals surface area (Å²) >= 11 is 0. The topological polar surface area (TPSA) is 70.8 Å². The van der Waals surface area contributed by atoms with Gasteiger partial charge in [-0.05, 0) is 36.5 Å². The van der Waals surface area contributed by atoms with Crippen LogP contribution in [-0.2, 0) is 15.6 Å². The fourth-order valence-electron chi connectivity index (χ4n) is 2.47. The number of hydrogen-bond donors (Lipinski definition) is 0. The third kappa shape index (κ3) is 3.54. The van der Waals surface area contributed by atoms with Crippen LogP contribution in [0.5, 0.6) is 0 Å². The van der Waals surface area contributed by atoms with Crippen molar-refractivity contribution in [1.29, 1.82) is 5.26 Å². The molecule has 4 nitrogen and oxygen atoms in total. The minimum atomic E-state index is -3.08.